The van der Waals surface area contributed by atoms with Crippen LogP contribution in [0.1, 0.15) is 19.8 Å². The van der Waals surface area contributed by atoms with E-state index >= 15 is 0 Å². The summed E-state index contributed by atoms with van der Waals surface area (Å²) in [5.74, 6) is -0.695. The van der Waals surface area contributed by atoms with Crippen LogP contribution < -0.4 is 4.74 Å². The van der Waals surface area contributed by atoms with Gasteiger partial charge >= 0.3 is 6.36 Å². The Kier molecular flexibility index (Phi) is 3.97. The van der Waals surface area contributed by atoms with Crippen molar-refractivity contribution in [2.24, 2.45) is 0 Å². The Hall–Kier alpha value is -1.28. The molecule has 1 fully saturated rings. The topological polar surface area (TPSA) is 46.6 Å². The fourth-order valence-corrected chi connectivity index (χ4v) is 4.08. The molecule has 0 amide bonds. The minimum atomic E-state index is -4.93. The maximum Gasteiger partial charge on any atom is 0.573 e. The number of alkyl halides is 3. The largest absolute Gasteiger partial charge is 0.573 e. The van der Waals surface area contributed by atoms with Crippen LogP contribution in [0, 0.1) is 0 Å². The summed E-state index contributed by atoms with van der Waals surface area (Å²) in [6, 6.07) is 4.58. The highest BCUT2D eigenvalue weighted by atomic mass is 32.2. The molecule has 1 aromatic carbocycles. The van der Waals surface area contributed by atoms with Gasteiger partial charge in [0.05, 0.1) is 0 Å². The van der Waals surface area contributed by atoms with Crippen molar-refractivity contribution in [3.05, 3.63) is 24.3 Å². The van der Waals surface area contributed by atoms with Gasteiger partial charge in [-0.15, -0.1) is 13.2 Å². The predicted molar refractivity (Wildman–Crippen MR) is 65.7 cm³/mol. The van der Waals surface area contributed by atoms with Crippen molar-refractivity contribution in [2.45, 2.75) is 37.1 Å². The first-order valence-corrected chi connectivity index (χ1v) is 7.52. The third-order valence-corrected chi connectivity index (χ3v) is 5.21. The Morgan fingerprint density at radius 3 is 2.50 bits per heavy atom. The molecule has 1 aliphatic heterocycles. The molecule has 1 aliphatic rings. The van der Waals surface area contributed by atoms with Gasteiger partial charge in [-0.05, 0) is 31.9 Å². The number of hydrogen-bond acceptors (Lipinski definition) is 3. The molecule has 2 rings (SSSR count). The Morgan fingerprint density at radius 1 is 1.30 bits per heavy atom. The molecule has 0 spiro atoms. The number of rotatable bonds is 3. The molecule has 0 aliphatic carbocycles. The number of nitrogens with zero attached hydrogens (tertiary/aromatic N) is 1. The van der Waals surface area contributed by atoms with Crippen molar-refractivity contribution in [3.8, 4) is 5.75 Å². The van der Waals surface area contributed by atoms with Crippen LogP contribution in [0.25, 0.3) is 0 Å². The molecule has 0 saturated carbocycles. The highest BCUT2D eigenvalue weighted by molar-refractivity contribution is 7.89. The molecule has 4 nitrogen and oxygen atoms in total. The molecular formula is C12H14F3NO3S. The normalized spacial score (nSPS) is 21.1. The second kappa shape index (κ2) is 5.25. The van der Waals surface area contributed by atoms with E-state index in [0.717, 1.165) is 12.1 Å². The van der Waals surface area contributed by atoms with Crippen LogP contribution >= 0.6 is 0 Å². The van der Waals surface area contributed by atoms with Gasteiger partial charge < -0.3 is 4.74 Å². The smallest absolute Gasteiger partial charge is 0.404 e. The van der Waals surface area contributed by atoms with Crippen LogP contribution in [0.3, 0.4) is 0 Å². The average molecular weight is 309 g/mol. The number of ether oxygens (including phenoxy) is 1. The van der Waals surface area contributed by atoms with Crippen molar-refractivity contribution >= 4 is 10.0 Å². The lowest BCUT2D eigenvalue weighted by molar-refractivity contribution is -0.275. The number of halogens is 3. The van der Waals surface area contributed by atoms with Crippen molar-refractivity contribution in [1.82, 2.24) is 4.31 Å². The van der Waals surface area contributed by atoms with Crippen LogP contribution in [0.5, 0.6) is 5.75 Å². The van der Waals surface area contributed by atoms with Gasteiger partial charge in [0.1, 0.15) is 10.6 Å². The standard InChI is InChI=1S/C12H14F3NO3S/c1-9-5-4-8-16(9)20(17,18)11-7-3-2-6-10(11)19-12(13,14)15/h2-3,6-7,9H,4-5,8H2,1H3/t9-/m1/s1. The van der Waals surface area contributed by atoms with E-state index in [1.54, 1.807) is 6.92 Å². The fourth-order valence-electron chi connectivity index (χ4n) is 2.26. The van der Waals surface area contributed by atoms with E-state index in [1.807, 2.05) is 0 Å². The summed E-state index contributed by atoms with van der Waals surface area (Å²) in [6.07, 6.45) is -3.54. The highest BCUT2D eigenvalue weighted by Crippen LogP contribution is 2.33. The average Bonchev–Trinajstić information content (AvgIpc) is 2.74. The Balaban J connectivity index is 2.42. The second-order valence-corrected chi connectivity index (χ2v) is 6.46. The first-order valence-electron chi connectivity index (χ1n) is 6.08. The van der Waals surface area contributed by atoms with Crippen LogP contribution in [0.15, 0.2) is 29.2 Å². The molecule has 1 heterocycles. The Bertz CT molecular complexity index is 586. The zero-order chi connectivity index (χ0) is 15.0. The molecular weight excluding hydrogens is 295 g/mol. The number of para-hydroxylation sites is 1. The Labute approximate surface area is 115 Å². The van der Waals surface area contributed by atoms with Crippen LogP contribution in [0.2, 0.25) is 0 Å². The monoisotopic (exact) mass is 309 g/mol. The quantitative estimate of drug-likeness (QED) is 0.862. The van der Waals surface area contributed by atoms with Crippen LogP contribution in [-0.4, -0.2) is 31.7 Å². The van der Waals surface area contributed by atoms with Gasteiger partial charge in [0, 0.05) is 12.6 Å². The maximum atomic E-state index is 12.4. The minimum Gasteiger partial charge on any atom is -0.404 e. The molecule has 1 atom stereocenters. The lowest BCUT2D eigenvalue weighted by atomic mass is 10.3. The summed E-state index contributed by atoms with van der Waals surface area (Å²) in [6.45, 7) is 2.04. The van der Waals surface area contributed by atoms with Crippen molar-refractivity contribution < 1.29 is 26.3 Å². The van der Waals surface area contributed by atoms with E-state index in [1.165, 1.54) is 16.4 Å². The summed E-state index contributed by atoms with van der Waals surface area (Å²) in [5, 5.41) is 0. The van der Waals surface area contributed by atoms with Gasteiger partial charge in [0.15, 0.2) is 0 Å². The van der Waals surface area contributed by atoms with E-state index in [4.69, 9.17) is 0 Å². The summed E-state index contributed by atoms with van der Waals surface area (Å²) in [4.78, 5) is -0.453. The first kappa shape index (κ1) is 15.1. The molecule has 0 aromatic heterocycles. The molecule has 112 valence electrons. The van der Waals surface area contributed by atoms with Gasteiger partial charge in [0.25, 0.3) is 0 Å². The fraction of sp³-hybridized carbons (Fsp3) is 0.500. The molecule has 20 heavy (non-hydrogen) atoms. The minimum absolute atomic E-state index is 0.223. The molecule has 8 heteroatoms. The molecule has 0 bridgehead atoms. The third-order valence-electron chi connectivity index (χ3n) is 3.15. The number of hydrogen-bond donors (Lipinski definition) is 0. The Morgan fingerprint density at radius 2 is 1.95 bits per heavy atom. The molecule has 0 radical (unpaired) electrons. The summed E-state index contributed by atoms with van der Waals surface area (Å²) < 4.78 is 66.9. The second-order valence-electron chi connectivity index (χ2n) is 4.60. The zero-order valence-corrected chi connectivity index (χ0v) is 11.5. The van der Waals surface area contributed by atoms with Crippen LogP contribution in [-0.2, 0) is 10.0 Å². The van der Waals surface area contributed by atoms with E-state index in [2.05, 4.69) is 4.74 Å². The third kappa shape index (κ3) is 3.06. The SMILES string of the molecule is C[C@@H]1CCCN1S(=O)(=O)c1ccccc1OC(F)(F)F. The molecule has 0 N–H and O–H groups in total. The lowest BCUT2D eigenvalue weighted by Gasteiger charge is -2.22. The summed E-state index contributed by atoms with van der Waals surface area (Å²) >= 11 is 0. The summed E-state index contributed by atoms with van der Waals surface area (Å²) in [5.41, 5.74) is 0. The first-order chi connectivity index (χ1) is 9.22. The van der Waals surface area contributed by atoms with Crippen molar-refractivity contribution in [1.29, 1.82) is 0 Å². The highest BCUT2D eigenvalue weighted by Gasteiger charge is 2.38. The van der Waals surface area contributed by atoms with Gasteiger partial charge in [-0.2, -0.15) is 4.31 Å². The van der Waals surface area contributed by atoms with E-state index in [-0.39, 0.29) is 6.04 Å². The van der Waals surface area contributed by atoms with Gasteiger partial charge in [0.2, 0.25) is 10.0 Å². The summed E-state index contributed by atoms with van der Waals surface area (Å²) in [7, 11) is -3.98. The zero-order valence-electron chi connectivity index (χ0n) is 10.7. The van der Waals surface area contributed by atoms with Gasteiger partial charge in [-0.1, -0.05) is 12.1 Å². The molecule has 1 saturated heterocycles. The lowest BCUT2D eigenvalue weighted by Crippen LogP contribution is -2.34. The van der Waals surface area contributed by atoms with Gasteiger partial charge in [-0.3, -0.25) is 0 Å². The van der Waals surface area contributed by atoms with E-state index < -0.39 is 27.0 Å². The van der Waals surface area contributed by atoms with Crippen LogP contribution in [0.4, 0.5) is 13.2 Å². The van der Waals surface area contributed by atoms with E-state index in [0.29, 0.717) is 19.4 Å². The van der Waals surface area contributed by atoms with E-state index in [9.17, 15) is 21.6 Å². The van der Waals surface area contributed by atoms with Crippen molar-refractivity contribution in [2.75, 3.05) is 6.54 Å². The maximum absolute atomic E-state index is 12.4. The predicted octanol–water partition coefficient (Wildman–Crippen LogP) is 2.76. The number of benzene rings is 1. The number of sulfonamides is 1. The van der Waals surface area contributed by atoms with Crippen molar-refractivity contribution in [3.63, 3.8) is 0 Å². The molecule has 1 aromatic rings. The van der Waals surface area contributed by atoms with Gasteiger partial charge in [-0.25, -0.2) is 8.42 Å². The molecule has 0 unspecified atom stereocenters.